The maximum absolute atomic E-state index is 11.3. The zero-order chi connectivity index (χ0) is 14.5. The number of non-ortho nitro benzene ring substituents is 1. The van der Waals surface area contributed by atoms with Gasteiger partial charge in [-0.1, -0.05) is 6.92 Å². The molecule has 0 radical (unpaired) electrons. The Hall–Kier alpha value is -2.02. The van der Waals surface area contributed by atoms with Gasteiger partial charge in [0.25, 0.3) is 5.69 Å². The van der Waals surface area contributed by atoms with Crippen molar-refractivity contribution < 1.29 is 9.13 Å². The van der Waals surface area contributed by atoms with E-state index in [0.29, 0.717) is 29.4 Å². The highest BCUT2D eigenvalue weighted by molar-refractivity contribution is 7.84. The van der Waals surface area contributed by atoms with Crippen LogP contribution in [0, 0.1) is 10.1 Å². The van der Waals surface area contributed by atoms with Gasteiger partial charge in [0.1, 0.15) is 5.82 Å². The summed E-state index contributed by atoms with van der Waals surface area (Å²) in [5.74, 6) is 1.91. The minimum Gasteiger partial charge on any atom is -0.369 e. The van der Waals surface area contributed by atoms with Crippen molar-refractivity contribution in [3.8, 4) is 0 Å². The number of rotatable bonds is 6. The molecule has 0 fully saturated rings. The third-order valence-corrected chi connectivity index (χ3v) is 4.14. The van der Waals surface area contributed by atoms with Gasteiger partial charge in [-0.3, -0.25) is 14.3 Å². The first kappa shape index (κ1) is 14.4. The highest BCUT2D eigenvalue weighted by Crippen LogP contribution is 2.20. The smallest absolute Gasteiger partial charge is 0.270 e. The number of nitro benzene ring substituents is 1. The van der Waals surface area contributed by atoms with E-state index in [1.54, 1.807) is 18.2 Å². The second-order valence-electron chi connectivity index (χ2n) is 4.19. The van der Waals surface area contributed by atoms with E-state index in [9.17, 15) is 14.3 Å². The number of nitro groups is 1. The average molecular weight is 293 g/mol. The number of fused-ring (bicyclic) bond motifs is 1. The number of nitrogens with zero attached hydrogens (tertiary/aromatic N) is 2. The fourth-order valence-corrected chi connectivity index (χ4v) is 2.38. The molecule has 1 unspecified atom stereocenters. The Bertz CT molecular complexity index is 660. The summed E-state index contributed by atoms with van der Waals surface area (Å²) in [6.45, 7) is 2.48. The van der Waals surface area contributed by atoms with Gasteiger partial charge in [0.2, 0.25) is 0 Å². The van der Waals surface area contributed by atoms with Gasteiger partial charge in [-0.15, -0.1) is 0 Å². The SMILES string of the molecule is CCS(=O)CCNc1ccc2cc([N+](=O)[O-])ccc2n1. The highest BCUT2D eigenvalue weighted by atomic mass is 32.2. The minimum absolute atomic E-state index is 0.0540. The Morgan fingerprint density at radius 1 is 1.35 bits per heavy atom. The van der Waals surface area contributed by atoms with Crippen LogP contribution in [0.25, 0.3) is 10.9 Å². The largest absolute Gasteiger partial charge is 0.369 e. The number of aromatic nitrogens is 1. The van der Waals surface area contributed by atoms with Gasteiger partial charge in [0, 0.05) is 46.4 Å². The Kier molecular flexibility index (Phi) is 4.62. The lowest BCUT2D eigenvalue weighted by molar-refractivity contribution is -0.384. The van der Waals surface area contributed by atoms with Crippen LogP contribution in [0.2, 0.25) is 0 Å². The molecule has 7 heteroatoms. The van der Waals surface area contributed by atoms with Crippen molar-refractivity contribution in [1.82, 2.24) is 4.98 Å². The molecule has 0 bridgehead atoms. The molecule has 1 atom stereocenters. The molecule has 2 rings (SSSR count). The van der Waals surface area contributed by atoms with E-state index < -0.39 is 15.7 Å². The fourth-order valence-electron chi connectivity index (χ4n) is 1.76. The molecule has 1 heterocycles. The normalized spacial score (nSPS) is 12.2. The van der Waals surface area contributed by atoms with Gasteiger partial charge in [-0.25, -0.2) is 4.98 Å². The molecule has 106 valence electrons. The molecule has 0 aliphatic rings. The topological polar surface area (TPSA) is 85.1 Å². The summed E-state index contributed by atoms with van der Waals surface area (Å²) in [5.41, 5.74) is 0.746. The summed E-state index contributed by atoms with van der Waals surface area (Å²) in [4.78, 5) is 14.6. The van der Waals surface area contributed by atoms with Crippen LogP contribution >= 0.6 is 0 Å². The molecule has 1 aromatic heterocycles. The summed E-state index contributed by atoms with van der Waals surface area (Å²) in [7, 11) is -0.801. The molecule has 20 heavy (non-hydrogen) atoms. The standard InChI is InChI=1S/C13H15N3O3S/c1-2-20(19)8-7-14-13-6-3-10-9-11(16(17)18)4-5-12(10)15-13/h3-6,9H,2,7-8H2,1H3,(H,14,15). The maximum atomic E-state index is 11.3. The Balaban J connectivity index is 2.11. The molecule has 0 aliphatic carbocycles. The van der Waals surface area contributed by atoms with Crippen molar-refractivity contribution in [2.24, 2.45) is 0 Å². The van der Waals surface area contributed by atoms with E-state index in [1.165, 1.54) is 12.1 Å². The summed E-state index contributed by atoms with van der Waals surface area (Å²) >= 11 is 0. The number of nitrogens with one attached hydrogen (secondary N) is 1. The van der Waals surface area contributed by atoms with Crippen LogP contribution in [0.3, 0.4) is 0 Å². The molecule has 1 aromatic carbocycles. The first-order chi connectivity index (χ1) is 9.60. The van der Waals surface area contributed by atoms with Crippen LogP contribution in [-0.4, -0.2) is 32.2 Å². The van der Waals surface area contributed by atoms with E-state index in [4.69, 9.17) is 0 Å². The third-order valence-electron chi connectivity index (χ3n) is 2.84. The first-order valence-electron chi connectivity index (χ1n) is 6.24. The van der Waals surface area contributed by atoms with Crippen LogP contribution in [0.4, 0.5) is 11.5 Å². The summed E-state index contributed by atoms with van der Waals surface area (Å²) in [5, 5.41) is 14.5. The number of hydrogen-bond donors (Lipinski definition) is 1. The summed E-state index contributed by atoms with van der Waals surface area (Å²) in [6, 6.07) is 8.11. The average Bonchev–Trinajstić information content (AvgIpc) is 2.46. The lowest BCUT2D eigenvalue weighted by Gasteiger charge is -2.06. The number of benzene rings is 1. The molecule has 6 nitrogen and oxygen atoms in total. The van der Waals surface area contributed by atoms with E-state index >= 15 is 0 Å². The quantitative estimate of drug-likeness (QED) is 0.652. The molecule has 0 amide bonds. The van der Waals surface area contributed by atoms with Crippen LogP contribution in [-0.2, 0) is 10.8 Å². The molecular weight excluding hydrogens is 278 g/mol. The summed E-state index contributed by atoms with van der Waals surface area (Å²) in [6.07, 6.45) is 0. The molecule has 2 aromatic rings. The van der Waals surface area contributed by atoms with Gasteiger partial charge in [-0.2, -0.15) is 0 Å². The molecular formula is C13H15N3O3S. The van der Waals surface area contributed by atoms with Crippen LogP contribution < -0.4 is 5.32 Å². The van der Waals surface area contributed by atoms with Crippen molar-refractivity contribution in [2.75, 3.05) is 23.4 Å². The van der Waals surface area contributed by atoms with Gasteiger partial charge in [-0.05, 0) is 18.2 Å². The maximum Gasteiger partial charge on any atom is 0.270 e. The lowest BCUT2D eigenvalue weighted by Crippen LogP contribution is -2.12. The van der Waals surface area contributed by atoms with Gasteiger partial charge >= 0.3 is 0 Å². The van der Waals surface area contributed by atoms with Crippen LogP contribution in [0.1, 0.15) is 6.92 Å². The second-order valence-corrected chi connectivity index (χ2v) is 6.06. The summed E-state index contributed by atoms with van der Waals surface area (Å²) < 4.78 is 11.3. The van der Waals surface area contributed by atoms with E-state index in [2.05, 4.69) is 10.3 Å². The van der Waals surface area contributed by atoms with Crippen molar-refractivity contribution in [1.29, 1.82) is 0 Å². The van der Waals surface area contributed by atoms with Crippen molar-refractivity contribution in [3.63, 3.8) is 0 Å². The Labute approximate surface area is 118 Å². The lowest BCUT2D eigenvalue weighted by atomic mass is 10.2. The van der Waals surface area contributed by atoms with Crippen molar-refractivity contribution >= 4 is 33.2 Å². The van der Waals surface area contributed by atoms with Crippen LogP contribution in [0.5, 0.6) is 0 Å². The molecule has 0 spiro atoms. The highest BCUT2D eigenvalue weighted by Gasteiger charge is 2.07. The fraction of sp³-hybridized carbons (Fsp3) is 0.308. The predicted octanol–water partition coefficient (Wildman–Crippen LogP) is 2.32. The predicted molar refractivity (Wildman–Crippen MR) is 80.4 cm³/mol. The van der Waals surface area contributed by atoms with Crippen molar-refractivity contribution in [2.45, 2.75) is 6.92 Å². The van der Waals surface area contributed by atoms with Gasteiger partial charge in [0.15, 0.2) is 0 Å². The van der Waals surface area contributed by atoms with Gasteiger partial charge in [0.05, 0.1) is 10.4 Å². The zero-order valence-electron chi connectivity index (χ0n) is 11.0. The van der Waals surface area contributed by atoms with Gasteiger partial charge < -0.3 is 5.32 Å². The zero-order valence-corrected chi connectivity index (χ0v) is 11.9. The Morgan fingerprint density at radius 3 is 2.85 bits per heavy atom. The number of hydrogen-bond acceptors (Lipinski definition) is 5. The molecule has 0 aliphatic heterocycles. The number of anilines is 1. The third kappa shape index (κ3) is 3.51. The monoisotopic (exact) mass is 293 g/mol. The molecule has 0 saturated carbocycles. The van der Waals surface area contributed by atoms with Crippen molar-refractivity contribution in [3.05, 3.63) is 40.4 Å². The van der Waals surface area contributed by atoms with E-state index in [-0.39, 0.29) is 5.69 Å². The minimum atomic E-state index is -0.801. The van der Waals surface area contributed by atoms with E-state index in [1.807, 2.05) is 6.92 Å². The Morgan fingerprint density at radius 2 is 2.15 bits per heavy atom. The molecule has 0 saturated heterocycles. The number of pyridine rings is 1. The first-order valence-corrected chi connectivity index (χ1v) is 7.73. The second kappa shape index (κ2) is 6.42. The van der Waals surface area contributed by atoms with Crippen LogP contribution in [0.15, 0.2) is 30.3 Å². The van der Waals surface area contributed by atoms with E-state index in [0.717, 1.165) is 5.39 Å². The molecule has 1 N–H and O–H groups in total.